The summed E-state index contributed by atoms with van der Waals surface area (Å²) in [6.07, 6.45) is -3.40. The van der Waals surface area contributed by atoms with Crippen molar-refractivity contribution in [3.63, 3.8) is 0 Å². The van der Waals surface area contributed by atoms with E-state index in [0.717, 1.165) is 31.6 Å². The third-order valence-corrected chi connectivity index (χ3v) is 4.94. The fraction of sp³-hybridized carbons (Fsp3) is 0.438. The largest absolute Gasteiger partial charge is 0.492 e. The van der Waals surface area contributed by atoms with E-state index in [4.69, 9.17) is 4.74 Å². The molecule has 0 atom stereocenters. The Morgan fingerprint density at radius 1 is 1.08 bits per heavy atom. The molecule has 1 aromatic heterocycles. The lowest BCUT2D eigenvalue weighted by Gasteiger charge is -2.34. The van der Waals surface area contributed by atoms with E-state index in [2.05, 4.69) is 9.88 Å². The number of rotatable bonds is 5. The Morgan fingerprint density at radius 2 is 1.79 bits per heavy atom. The van der Waals surface area contributed by atoms with Gasteiger partial charge in [0.25, 0.3) is 0 Å². The van der Waals surface area contributed by atoms with Crippen LogP contribution in [0.1, 0.15) is 4.88 Å². The van der Waals surface area contributed by atoms with Crippen LogP contribution in [0.3, 0.4) is 0 Å². The zero-order chi connectivity index (χ0) is 17.0. The Kier molecular flexibility index (Phi) is 5.25. The minimum absolute atomic E-state index is 0.447. The lowest BCUT2D eigenvalue weighted by Crippen LogP contribution is -2.47. The lowest BCUT2D eigenvalue weighted by atomic mass is 10.3. The first-order valence-electron chi connectivity index (χ1n) is 7.70. The average Bonchev–Trinajstić information content (AvgIpc) is 3.07. The number of ether oxygens (including phenoxy) is 1. The van der Waals surface area contributed by atoms with Crippen molar-refractivity contribution in [3.05, 3.63) is 41.4 Å². The lowest BCUT2D eigenvalue weighted by molar-refractivity contribution is -0.134. The highest BCUT2D eigenvalue weighted by atomic mass is 32.1. The van der Waals surface area contributed by atoms with Crippen LogP contribution in [0.5, 0.6) is 5.75 Å². The predicted octanol–water partition coefficient (Wildman–Crippen LogP) is 3.36. The number of hydrogen-bond donors (Lipinski definition) is 0. The third kappa shape index (κ3) is 4.39. The summed E-state index contributed by atoms with van der Waals surface area (Å²) in [5, 5.41) is 0.447. The van der Waals surface area contributed by atoms with Gasteiger partial charge in [-0.2, -0.15) is 13.2 Å². The standard InChI is InChI=1S/C16H18F3N3OS/c17-16(18,19)14-12-20-15(24-14)22-8-6-21(7-9-22)10-11-23-13-4-2-1-3-5-13/h1-5,12H,6-11H2. The Balaban J connectivity index is 1.43. The van der Waals surface area contributed by atoms with Crippen LogP contribution in [0.4, 0.5) is 18.3 Å². The zero-order valence-corrected chi connectivity index (χ0v) is 13.8. The van der Waals surface area contributed by atoms with Gasteiger partial charge in [0.1, 0.15) is 17.2 Å². The molecule has 1 aliphatic rings. The van der Waals surface area contributed by atoms with E-state index in [-0.39, 0.29) is 0 Å². The molecule has 0 amide bonds. The summed E-state index contributed by atoms with van der Waals surface area (Å²) in [5.41, 5.74) is 0. The van der Waals surface area contributed by atoms with E-state index in [1.165, 1.54) is 0 Å². The summed E-state index contributed by atoms with van der Waals surface area (Å²) in [5.74, 6) is 0.846. The molecular weight excluding hydrogens is 339 g/mol. The number of benzene rings is 1. The van der Waals surface area contributed by atoms with Crippen molar-refractivity contribution in [3.8, 4) is 5.75 Å². The molecule has 130 valence electrons. The summed E-state index contributed by atoms with van der Waals surface area (Å²) in [6, 6.07) is 9.63. The first-order chi connectivity index (χ1) is 11.5. The molecule has 0 aliphatic carbocycles. The number of alkyl halides is 3. The van der Waals surface area contributed by atoms with Crippen LogP contribution in [0.25, 0.3) is 0 Å². The van der Waals surface area contributed by atoms with Crippen molar-refractivity contribution in [1.82, 2.24) is 9.88 Å². The molecule has 24 heavy (non-hydrogen) atoms. The molecule has 1 saturated heterocycles. The summed E-state index contributed by atoms with van der Waals surface area (Å²) in [4.78, 5) is 7.43. The molecule has 0 unspecified atom stereocenters. The Hall–Kier alpha value is -1.80. The quantitative estimate of drug-likeness (QED) is 0.820. The average molecular weight is 357 g/mol. The molecule has 3 rings (SSSR count). The monoisotopic (exact) mass is 357 g/mol. The molecule has 1 aliphatic heterocycles. The van der Waals surface area contributed by atoms with Crippen LogP contribution in [0, 0.1) is 0 Å². The molecule has 0 radical (unpaired) electrons. The van der Waals surface area contributed by atoms with Gasteiger partial charge in [0, 0.05) is 32.7 Å². The van der Waals surface area contributed by atoms with Crippen molar-refractivity contribution >= 4 is 16.5 Å². The second kappa shape index (κ2) is 7.40. The van der Waals surface area contributed by atoms with Crippen molar-refractivity contribution in [2.45, 2.75) is 6.18 Å². The summed E-state index contributed by atoms with van der Waals surface area (Å²) in [6.45, 7) is 4.33. The smallest absolute Gasteiger partial charge is 0.427 e. The maximum Gasteiger partial charge on any atom is 0.427 e. The van der Waals surface area contributed by atoms with E-state index in [1.54, 1.807) is 0 Å². The fourth-order valence-corrected chi connectivity index (χ4v) is 3.35. The Labute approximate surface area is 142 Å². The van der Waals surface area contributed by atoms with Gasteiger partial charge in [-0.3, -0.25) is 4.90 Å². The topological polar surface area (TPSA) is 28.6 Å². The van der Waals surface area contributed by atoms with Gasteiger partial charge < -0.3 is 9.64 Å². The molecule has 0 bridgehead atoms. The molecule has 2 heterocycles. The van der Waals surface area contributed by atoms with Crippen molar-refractivity contribution in [2.75, 3.05) is 44.2 Å². The van der Waals surface area contributed by atoms with Crippen LogP contribution in [-0.4, -0.2) is 49.2 Å². The summed E-state index contributed by atoms with van der Waals surface area (Å²) < 4.78 is 43.6. The van der Waals surface area contributed by atoms with Gasteiger partial charge in [-0.15, -0.1) is 0 Å². The number of nitrogens with zero attached hydrogens (tertiary/aromatic N) is 3. The maximum atomic E-state index is 12.6. The van der Waals surface area contributed by atoms with Crippen LogP contribution >= 0.6 is 11.3 Å². The number of aromatic nitrogens is 1. The Morgan fingerprint density at radius 3 is 2.42 bits per heavy atom. The number of piperazine rings is 1. The van der Waals surface area contributed by atoms with Crippen molar-refractivity contribution in [1.29, 1.82) is 0 Å². The van der Waals surface area contributed by atoms with Crippen LogP contribution in [0.15, 0.2) is 36.5 Å². The second-order valence-corrected chi connectivity index (χ2v) is 6.50. The molecule has 8 heteroatoms. The van der Waals surface area contributed by atoms with Gasteiger partial charge in [0.2, 0.25) is 0 Å². The molecule has 2 aromatic rings. The predicted molar refractivity (Wildman–Crippen MR) is 87.7 cm³/mol. The van der Waals surface area contributed by atoms with E-state index in [1.807, 2.05) is 35.2 Å². The summed E-state index contributed by atoms with van der Waals surface area (Å²) >= 11 is 0.709. The minimum atomic E-state index is -4.31. The number of anilines is 1. The van der Waals surface area contributed by atoms with Gasteiger partial charge in [-0.25, -0.2) is 4.98 Å². The number of thiazole rings is 1. The van der Waals surface area contributed by atoms with Crippen LogP contribution in [0.2, 0.25) is 0 Å². The SMILES string of the molecule is FC(F)(F)c1cnc(N2CCN(CCOc3ccccc3)CC2)s1. The molecule has 0 saturated carbocycles. The highest BCUT2D eigenvalue weighted by Gasteiger charge is 2.34. The second-order valence-electron chi connectivity index (χ2n) is 5.50. The molecule has 4 nitrogen and oxygen atoms in total. The van der Waals surface area contributed by atoms with E-state index >= 15 is 0 Å². The summed E-state index contributed by atoms with van der Waals surface area (Å²) in [7, 11) is 0. The van der Waals surface area contributed by atoms with Gasteiger partial charge in [0.15, 0.2) is 5.13 Å². The number of hydrogen-bond acceptors (Lipinski definition) is 5. The highest BCUT2D eigenvalue weighted by Crippen LogP contribution is 2.36. The van der Waals surface area contributed by atoms with E-state index in [9.17, 15) is 13.2 Å². The minimum Gasteiger partial charge on any atom is -0.492 e. The van der Waals surface area contributed by atoms with Crippen LogP contribution < -0.4 is 9.64 Å². The molecule has 0 spiro atoms. The first-order valence-corrected chi connectivity index (χ1v) is 8.52. The van der Waals surface area contributed by atoms with Gasteiger partial charge in [-0.1, -0.05) is 29.5 Å². The van der Waals surface area contributed by atoms with E-state index in [0.29, 0.717) is 36.2 Å². The van der Waals surface area contributed by atoms with Crippen molar-refractivity contribution < 1.29 is 17.9 Å². The number of para-hydroxylation sites is 1. The molecule has 1 aromatic carbocycles. The van der Waals surface area contributed by atoms with Gasteiger partial charge in [0.05, 0.1) is 6.20 Å². The molecule has 1 fully saturated rings. The highest BCUT2D eigenvalue weighted by molar-refractivity contribution is 7.15. The Bertz CT molecular complexity index is 640. The molecule has 0 N–H and O–H groups in total. The number of halogens is 3. The van der Waals surface area contributed by atoms with Crippen molar-refractivity contribution in [2.24, 2.45) is 0 Å². The molecular formula is C16H18F3N3OS. The third-order valence-electron chi connectivity index (χ3n) is 3.84. The fourth-order valence-electron chi connectivity index (χ4n) is 2.51. The van der Waals surface area contributed by atoms with Gasteiger partial charge >= 0.3 is 6.18 Å². The first kappa shape index (κ1) is 17.0. The van der Waals surface area contributed by atoms with Gasteiger partial charge in [-0.05, 0) is 12.1 Å². The zero-order valence-electron chi connectivity index (χ0n) is 13.0. The van der Waals surface area contributed by atoms with Crippen LogP contribution in [-0.2, 0) is 6.18 Å². The normalized spacial score (nSPS) is 16.4. The maximum absolute atomic E-state index is 12.6. The van der Waals surface area contributed by atoms with E-state index < -0.39 is 11.1 Å².